The first-order valence-corrected chi connectivity index (χ1v) is 9.13. The van der Waals surface area contributed by atoms with Gasteiger partial charge in [-0.1, -0.05) is 15.3 Å². The lowest BCUT2D eigenvalue weighted by Gasteiger charge is -2.32. The number of nitrogens with zero attached hydrogens (tertiary/aromatic N) is 10. The maximum atomic E-state index is 12.1. The van der Waals surface area contributed by atoms with E-state index in [1.165, 1.54) is 0 Å². The van der Waals surface area contributed by atoms with E-state index < -0.39 is 17.2 Å². The molecule has 0 aromatic heterocycles. The Labute approximate surface area is 171 Å². The zero-order valence-corrected chi connectivity index (χ0v) is 16.3. The van der Waals surface area contributed by atoms with E-state index in [1.807, 2.05) is 0 Å². The second kappa shape index (κ2) is 13.6. The average molecular weight is 418 g/mol. The van der Waals surface area contributed by atoms with Crippen molar-refractivity contribution in [1.82, 2.24) is 4.90 Å². The van der Waals surface area contributed by atoms with Gasteiger partial charge in [0.15, 0.2) is 5.78 Å². The van der Waals surface area contributed by atoms with Crippen LogP contribution in [-0.2, 0) is 19.1 Å². The molecule has 0 N–H and O–H groups in total. The van der Waals surface area contributed by atoms with Crippen molar-refractivity contribution in [3.63, 3.8) is 0 Å². The van der Waals surface area contributed by atoms with Gasteiger partial charge in [0.25, 0.3) is 11.8 Å². The van der Waals surface area contributed by atoms with E-state index in [9.17, 15) is 14.4 Å². The molecule has 0 atom stereocenters. The van der Waals surface area contributed by atoms with Crippen LogP contribution in [0, 0.1) is 5.41 Å². The Balaban J connectivity index is 2.65. The van der Waals surface area contributed by atoms with Crippen LogP contribution >= 0.6 is 0 Å². The SMILES string of the molecule is [N-]=[N+]=NCCC(CCN=[N+]=[N-])(CCN=[N+]=[N-])COCC(=O)CCN1C(=O)C=CC1=O. The standard InChI is InChI=1S/C16H22N10O4/c17-23-20-7-4-16(5-8-21-24-18,6-9-22-25-19)12-30-11-13(27)3-10-26-14(28)1-2-15(26)29/h1-2H,3-12H2. The third-order valence-corrected chi connectivity index (χ3v) is 4.60. The summed E-state index contributed by atoms with van der Waals surface area (Å²) in [6, 6.07) is 0. The minimum absolute atomic E-state index is 0.0251. The first-order chi connectivity index (χ1) is 14.5. The Morgan fingerprint density at radius 1 is 0.933 bits per heavy atom. The Hall–Kier alpha value is -3.56. The van der Waals surface area contributed by atoms with Crippen molar-refractivity contribution >= 4 is 17.6 Å². The summed E-state index contributed by atoms with van der Waals surface area (Å²) >= 11 is 0. The maximum Gasteiger partial charge on any atom is 0.253 e. The van der Waals surface area contributed by atoms with Crippen molar-refractivity contribution in [2.75, 3.05) is 39.4 Å². The van der Waals surface area contributed by atoms with E-state index in [0.717, 1.165) is 17.1 Å². The molecule has 0 radical (unpaired) electrons. The lowest BCUT2D eigenvalue weighted by Crippen LogP contribution is -2.33. The molecule has 1 aliphatic rings. The summed E-state index contributed by atoms with van der Waals surface area (Å²) in [6.45, 7) is 0.300. The van der Waals surface area contributed by atoms with Gasteiger partial charge in [-0.25, -0.2) is 0 Å². The second-order valence-corrected chi connectivity index (χ2v) is 6.56. The molecule has 2 amide bonds. The summed E-state index contributed by atoms with van der Waals surface area (Å²) in [4.78, 5) is 44.2. The molecule has 0 aliphatic carbocycles. The van der Waals surface area contributed by atoms with Gasteiger partial charge in [-0.3, -0.25) is 19.3 Å². The highest BCUT2D eigenvalue weighted by Gasteiger charge is 2.29. The van der Waals surface area contributed by atoms with Crippen LogP contribution in [0.1, 0.15) is 25.7 Å². The molecule has 14 nitrogen and oxygen atoms in total. The van der Waals surface area contributed by atoms with E-state index >= 15 is 0 Å². The Morgan fingerprint density at radius 3 is 1.83 bits per heavy atom. The molecule has 0 unspecified atom stereocenters. The average Bonchev–Trinajstić information content (AvgIpc) is 3.04. The molecule has 0 saturated heterocycles. The van der Waals surface area contributed by atoms with E-state index in [2.05, 4.69) is 30.1 Å². The van der Waals surface area contributed by atoms with E-state index in [-0.39, 0.29) is 51.6 Å². The molecule has 0 spiro atoms. The van der Waals surface area contributed by atoms with Crippen LogP contribution in [0.5, 0.6) is 0 Å². The molecule has 1 heterocycles. The summed E-state index contributed by atoms with van der Waals surface area (Å²) in [5.74, 6) is -1.21. The van der Waals surface area contributed by atoms with Crippen molar-refractivity contribution in [3.05, 3.63) is 43.5 Å². The normalized spacial score (nSPS) is 14.5. The van der Waals surface area contributed by atoms with Gasteiger partial charge in [0.05, 0.1) is 6.61 Å². The quantitative estimate of drug-likeness (QED) is 0.160. The third-order valence-electron chi connectivity index (χ3n) is 4.60. The van der Waals surface area contributed by atoms with E-state index in [1.54, 1.807) is 0 Å². The highest BCUT2D eigenvalue weighted by Crippen LogP contribution is 2.32. The zero-order chi connectivity index (χ0) is 22.2. The number of ketones is 1. The fourth-order valence-electron chi connectivity index (χ4n) is 2.93. The second-order valence-electron chi connectivity index (χ2n) is 6.56. The highest BCUT2D eigenvalue weighted by molar-refractivity contribution is 6.13. The largest absolute Gasteiger partial charge is 0.373 e. The fourth-order valence-corrected chi connectivity index (χ4v) is 2.93. The van der Waals surface area contributed by atoms with Crippen LogP contribution in [0.4, 0.5) is 0 Å². The molecule has 0 fully saturated rings. The molecule has 160 valence electrons. The lowest BCUT2D eigenvalue weighted by molar-refractivity contribution is -0.137. The number of amides is 2. The molecule has 14 heteroatoms. The van der Waals surface area contributed by atoms with Crippen molar-refractivity contribution in [1.29, 1.82) is 0 Å². The van der Waals surface area contributed by atoms with Crippen LogP contribution < -0.4 is 0 Å². The Bertz CT molecular complexity index is 734. The number of azide groups is 3. The van der Waals surface area contributed by atoms with E-state index in [4.69, 9.17) is 21.3 Å². The van der Waals surface area contributed by atoms with Gasteiger partial charge in [-0.15, -0.1) is 0 Å². The van der Waals surface area contributed by atoms with Crippen LogP contribution in [0.2, 0.25) is 0 Å². The molecule has 0 saturated carbocycles. The number of ether oxygens (including phenoxy) is 1. The molecule has 1 aliphatic heterocycles. The minimum Gasteiger partial charge on any atom is -0.373 e. The van der Waals surface area contributed by atoms with Gasteiger partial charge in [0.1, 0.15) is 6.61 Å². The number of Topliss-reactive ketones (excluding diaryl/α,β-unsaturated/α-hetero) is 1. The van der Waals surface area contributed by atoms with Crippen molar-refractivity contribution < 1.29 is 19.1 Å². The number of carbonyl (C=O) groups is 3. The highest BCUT2D eigenvalue weighted by atomic mass is 16.5. The van der Waals surface area contributed by atoms with Gasteiger partial charge < -0.3 is 4.74 Å². The molecule has 1 rings (SSSR count). The summed E-state index contributed by atoms with van der Waals surface area (Å²) in [5.41, 5.74) is 24.9. The molecular formula is C16H22N10O4. The third kappa shape index (κ3) is 8.63. The number of carbonyl (C=O) groups excluding carboxylic acids is 3. The first-order valence-electron chi connectivity index (χ1n) is 9.13. The van der Waals surface area contributed by atoms with Crippen molar-refractivity contribution in [2.24, 2.45) is 20.8 Å². The summed E-state index contributed by atoms with van der Waals surface area (Å²) in [7, 11) is 0. The molecule has 0 bridgehead atoms. The van der Waals surface area contributed by atoms with Crippen LogP contribution in [0.15, 0.2) is 27.5 Å². The van der Waals surface area contributed by atoms with Gasteiger partial charge in [-0.2, -0.15) is 0 Å². The number of hydrogen-bond donors (Lipinski definition) is 0. The monoisotopic (exact) mass is 418 g/mol. The van der Waals surface area contributed by atoms with Crippen molar-refractivity contribution in [2.45, 2.75) is 25.7 Å². The summed E-state index contributed by atoms with van der Waals surface area (Å²) < 4.78 is 5.56. The van der Waals surface area contributed by atoms with Gasteiger partial charge in [0, 0.05) is 59.5 Å². The lowest BCUT2D eigenvalue weighted by atomic mass is 9.78. The molecule has 0 aromatic carbocycles. The van der Waals surface area contributed by atoms with Crippen LogP contribution in [0.25, 0.3) is 31.3 Å². The number of hydrogen-bond acceptors (Lipinski definition) is 7. The molecular weight excluding hydrogens is 396 g/mol. The van der Waals surface area contributed by atoms with E-state index in [0.29, 0.717) is 19.3 Å². The molecule has 0 aromatic rings. The predicted molar refractivity (Wildman–Crippen MR) is 105 cm³/mol. The van der Waals surface area contributed by atoms with Gasteiger partial charge >= 0.3 is 0 Å². The summed E-state index contributed by atoms with van der Waals surface area (Å²) in [5, 5.41) is 10.6. The zero-order valence-electron chi connectivity index (χ0n) is 16.3. The molecule has 30 heavy (non-hydrogen) atoms. The topological polar surface area (TPSA) is 210 Å². The van der Waals surface area contributed by atoms with Gasteiger partial charge in [0.2, 0.25) is 0 Å². The number of imide groups is 1. The van der Waals surface area contributed by atoms with Crippen LogP contribution in [0.3, 0.4) is 0 Å². The Kier molecular flexibility index (Phi) is 11.1. The van der Waals surface area contributed by atoms with Crippen LogP contribution in [-0.4, -0.2) is 61.9 Å². The fraction of sp³-hybridized carbons (Fsp3) is 0.688. The number of rotatable bonds is 16. The minimum atomic E-state index is -0.623. The van der Waals surface area contributed by atoms with Crippen molar-refractivity contribution in [3.8, 4) is 0 Å². The Morgan fingerprint density at radius 2 is 1.40 bits per heavy atom. The maximum absolute atomic E-state index is 12.1. The smallest absolute Gasteiger partial charge is 0.253 e. The predicted octanol–water partition coefficient (Wildman–Crippen LogP) is 2.97. The summed E-state index contributed by atoms with van der Waals surface area (Å²) in [6.07, 6.45) is 3.41. The first kappa shape index (κ1) is 24.5. The van der Waals surface area contributed by atoms with Gasteiger partial charge in [-0.05, 0) is 41.3 Å².